The summed E-state index contributed by atoms with van der Waals surface area (Å²) >= 11 is 0. The molecule has 0 aromatic heterocycles. The Morgan fingerprint density at radius 1 is 1.50 bits per heavy atom. The Morgan fingerprint density at radius 3 is 2.56 bits per heavy atom. The average molecular weight is 256 g/mol. The van der Waals surface area contributed by atoms with Gasteiger partial charge in [0.25, 0.3) is 0 Å². The number of likely N-dealkylation sites (tertiary alicyclic amines) is 1. The van der Waals surface area contributed by atoms with E-state index in [1.54, 1.807) is 6.92 Å². The summed E-state index contributed by atoms with van der Waals surface area (Å²) in [5.41, 5.74) is 5.12. The molecule has 0 spiro atoms. The van der Waals surface area contributed by atoms with Gasteiger partial charge in [-0.3, -0.25) is 9.69 Å². The molecule has 0 aromatic rings. The molecule has 2 aliphatic heterocycles. The van der Waals surface area contributed by atoms with Crippen LogP contribution in [-0.2, 0) is 14.3 Å². The number of carbonyl (C=O) groups excluding carboxylic acids is 1. The summed E-state index contributed by atoms with van der Waals surface area (Å²) in [7, 11) is 1.38. The Labute approximate surface area is 109 Å². The molecular weight excluding hydrogens is 232 g/mol. The lowest BCUT2D eigenvalue weighted by Gasteiger charge is -2.38. The van der Waals surface area contributed by atoms with Crippen LogP contribution in [0.1, 0.15) is 33.1 Å². The molecule has 2 aliphatic rings. The number of carbonyl (C=O) groups is 1. The minimum absolute atomic E-state index is 0.270. The monoisotopic (exact) mass is 256 g/mol. The number of hydrogen-bond donors (Lipinski definition) is 1. The van der Waals surface area contributed by atoms with E-state index >= 15 is 0 Å². The van der Waals surface area contributed by atoms with Gasteiger partial charge in [0, 0.05) is 19.1 Å². The molecule has 0 radical (unpaired) electrons. The van der Waals surface area contributed by atoms with Crippen LogP contribution >= 0.6 is 0 Å². The SMILES string of the molecule is COC(=O)C(C)(N)CC(C)N1CC2CCC(C1)O2. The molecule has 2 fully saturated rings. The molecular formula is C13H24N2O3. The van der Waals surface area contributed by atoms with Crippen molar-refractivity contribution in [2.75, 3.05) is 20.2 Å². The summed E-state index contributed by atoms with van der Waals surface area (Å²) in [5, 5.41) is 0. The lowest BCUT2D eigenvalue weighted by Crippen LogP contribution is -2.54. The number of nitrogens with zero attached hydrogens (tertiary/aromatic N) is 1. The highest BCUT2D eigenvalue weighted by molar-refractivity contribution is 5.79. The van der Waals surface area contributed by atoms with Crippen LogP contribution < -0.4 is 5.73 Å². The fourth-order valence-corrected chi connectivity index (χ4v) is 3.07. The molecule has 0 saturated carbocycles. The van der Waals surface area contributed by atoms with Gasteiger partial charge in [0.1, 0.15) is 5.54 Å². The first-order chi connectivity index (χ1) is 8.42. The average Bonchev–Trinajstić information content (AvgIpc) is 2.66. The van der Waals surface area contributed by atoms with E-state index in [0.29, 0.717) is 18.6 Å². The first-order valence-electron chi connectivity index (χ1n) is 6.69. The van der Waals surface area contributed by atoms with E-state index in [2.05, 4.69) is 11.8 Å². The van der Waals surface area contributed by atoms with Crippen LogP contribution in [0.25, 0.3) is 0 Å². The second kappa shape index (κ2) is 5.15. The van der Waals surface area contributed by atoms with E-state index < -0.39 is 5.54 Å². The van der Waals surface area contributed by atoms with Crippen molar-refractivity contribution in [3.05, 3.63) is 0 Å². The zero-order valence-corrected chi connectivity index (χ0v) is 11.5. The molecule has 4 atom stereocenters. The maximum atomic E-state index is 11.6. The van der Waals surface area contributed by atoms with Gasteiger partial charge in [-0.2, -0.15) is 0 Å². The number of morpholine rings is 1. The predicted molar refractivity (Wildman–Crippen MR) is 68.2 cm³/mol. The summed E-state index contributed by atoms with van der Waals surface area (Å²) in [6.07, 6.45) is 3.66. The van der Waals surface area contributed by atoms with Gasteiger partial charge >= 0.3 is 5.97 Å². The van der Waals surface area contributed by atoms with Crippen molar-refractivity contribution in [1.82, 2.24) is 4.90 Å². The van der Waals surface area contributed by atoms with Crippen molar-refractivity contribution >= 4 is 5.97 Å². The van der Waals surface area contributed by atoms with Crippen molar-refractivity contribution in [3.8, 4) is 0 Å². The fourth-order valence-electron chi connectivity index (χ4n) is 3.07. The molecule has 2 bridgehead atoms. The predicted octanol–water partition coefficient (Wildman–Crippen LogP) is 0.519. The van der Waals surface area contributed by atoms with Crippen LogP contribution in [0.4, 0.5) is 0 Å². The smallest absolute Gasteiger partial charge is 0.325 e. The van der Waals surface area contributed by atoms with E-state index in [1.807, 2.05) is 0 Å². The third-order valence-electron chi connectivity index (χ3n) is 4.07. The third-order valence-corrected chi connectivity index (χ3v) is 4.07. The molecule has 5 nitrogen and oxygen atoms in total. The van der Waals surface area contributed by atoms with Gasteiger partial charge in [-0.15, -0.1) is 0 Å². The van der Waals surface area contributed by atoms with Crippen molar-refractivity contribution in [1.29, 1.82) is 0 Å². The van der Waals surface area contributed by atoms with Crippen molar-refractivity contribution < 1.29 is 14.3 Å². The number of nitrogens with two attached hydrogens (primary N) is 1. The standard InChI is InChI=1S/C13H24N2O3/c1-9(6-13(2,14)12(16)17-3)15-7-10-4-5-11(8-15)18-10/h9-11H,4-8,14H2,1-3H3. The minimum Gasteiger partial charge on any atom is -0.468 e. The summed E-state index contributed by atoms with van der Waals surface area (Å²) in [6.45, 7) is 5.77. The van der Waals surface area contributed by atoms with Crippen LogP contribution in [0.2, 0.25) is 0 Å². The Morgan fingerprint density at radius 2 is 2.06 bits per heavy atom. The lowest BCUT2D eigenvalue weighted by atomic mass is 9.94. The summed E-state index contributed by atoms with van der Waals surface area (Å²) in [5.74, 6) is -0.342. The summed E-state index contributed by atoms with van der Waals surface area (Å²) in [6, 6.07) is 0.270. The molecule has 2 N–H and O–H groups in total. The van der Waals surface area contributed by atoms with Crippen molar-refractivity contribution in [3.63, 3.8) is 0 Å². The van der Waals surface area contributed by atoms with Crippen LogP contribution in [0, 0.1) is 0 Å². The second-order valence-corrected chi connectivity index (χ2v) is 5.87. The molecule has 4 unspecified atom stereocenters. The number of esters is 1. The first-order valence-corrected chi connectivity index (χ1v) is 6.69. The van der Waals surface area contributed by atoms with Crippen LogP contribution in [0.15, 0.2) is 0 Å². The Balaban J connectivity index is 1.91. The summed E-state index contributed by atoms with van der Waals surface area (Å²) in [4.78, 5) is 14.0. The van der Waals surface area contributed by atoms with Gasteiger partial charge in [0.15, 0.2) is 0 Å². The van der Waals surface area contributed by atoms with Crippen LogP contribution in [0.3, 0.4) is 0 Å². The van der Waals surface area contributed by atoms with Crippen LogP contribution in [-0.4, -0.2) is 54.9 Å². The Kier molecular flexibility index (Phi) is 3.94. The topological polar surface area (TPSA) is 64.8 Å². The molecule has 18 heavy (non-hydrogen) atoms. The molecule has 2 heterocycles. The van der Waals surface area contributed by atoms with Gasteiger partial charge < -0.3 is 15.2 Å². The number of hydrogen-bond acceptors (Lipinski definition) is 5. The molecule has 2 saturated heterocycles. The maximum Gasteiger partial charge on any atom is 0.325 e. The Hall–Kier alpha value is -0.650. The van der Waals surface area contributed by atoms with E-state index in [4.69, 9.17) is 15.2 Å². The van der Waals surface area contributed by atoms with Crippen molar-refractivity contribution in [2.24, 2.45) is 5.73 Å². The highest BCUT2D eigenvalue weighted by atomic mass is 16.5. The second-order valence-electron chi connectivity index (χ2n) is 5.87. The number of ether oxygens (including phenoxy) is 2. The molecule has 0 aliphatic carbocycles. The molecule has 5 heteroatoms. The fraction of sp³-hybridized carbons (Fsp3) is 0.923. The van der Waals surface area contributed by atoms with E-state index in [9.17, 15) is 4.79 Å². The molecule has 2 rings (SSSR count). The van der Waals surface area contributed by atoms with Crippen molar-refractivity contribution in [2.45, 2.75) is 56.9 Å². The zero-order valence-electron chi connectivity index (χ0n) is 11.5. The zero-order chi connectivity index (χ0) is 13.3. The van der Waals surface area contributed by atoms with Crippen LogP contribution in [0.5, 0.6) is 0 Å². The lowest BCUT2D eigenvalue weighted by molar-refractivity contribution is -0.147. The third kappa shape index (κ3) is 2.84. The largest absolute Gasteiger partial charge is 0.468 e. The number of rotatable bonds is 4. The quantitative estimate of drug-likeness (QED) is 0.743. The van der Waals surface area contributed by atoms with E-state index in [0.717, 1.165) is 25.9 Å². The highest BCUT2D eigenvalue weighted by Gasteiger charge is 2.38. The molecule has 0 aromatic carbocycles. The number of methoxy groups -OCH3 is 1. The normalized spacial score (nSPS) is 32.9. The maximum absolute atomic E-state index is 11.6. The summed E-state index contributed by atoms with van der Waals surface area (Å²) < 4.78 is 10.6. The highest BCUT2D eigenvalue weighted by Crippen LogP contribution is 2.28. The number of fused-ring (bicyclic) bond motifs is 2. The van der Waals surface area contributed by atoms with Gasteiger partial charge in [-0.25, -0.2) is 0 Å². The van der Waals surface area contributed by atoms with Gasteiger partial charge in [-0.1, -0.05) is 0 Å². The van der Waals surface area contributed by atoms with E-state index in [1.165, 1.54) is 7.11 Å². The molecule has 0 amide bonds. The van der Waals surface area contributed by atoms with Gasteiger partial charge in [-0.05, 0) is 33.1 Å². The van der Waals surface area contributed by atoms with E-state index in [-0.39, 0.29) is 12.0 Å². The first kappa shape index (κ1) is 13.8. The Bertz CT molecular complexity index is 307. The molecule has 104 valence electrons. The van der Waals surface area contributed by atoms with Gasteiger partial charge in [0.2, 0.25) is 0 Å². The van der Waals surface area contributed by atoms with Gasteiger partial charge in [0.05, 0.1) is 19.3 Å². The minimum atomic E-state index is -0.911.